The third-order valence-electron chi connectivity index (χ3n) is 6.03. The Kier molecular flexibility index (Phi) is 7.62. The molecule has 0 radical (unpaired) electrons. The molecule has 0 aliphatic carbocycles. The number of carbonyl (C=O) groups is 3. The number of amides is 1. The molecule has 2 unspecified atom stereocenters. The van der Waals surface area contributed by atoms with Crippen molar-refractivity contribution in [1.82, 2.24) is 18.5 Å². The normalized spacial score (nSPS) is 22.9. The maximum atomic E-state index is 13.1. The molecule has 0 bridgehead atoms. The number of Topliss-reactive ketones (excluding diaryl/α,β-unsaturated/α-hetero) is 1. The number of aromatic amines is 1. The van der Waals surface area contributed by atoms with Gasteiger partial charge in [0.2, 0.25) is 5.91 Å². The molecule has 0 spiro atoms. The van der Waals surface area contributed by atoms with Crippen LogP contribution in [0.3, 0.4) is 0 Å². The molecule has 184 valence electrons. The van der Waals surface area contributed by atoms with Gasteiger partial charge in [0.25, 0.3) is 10.2 Å². The zero-order valence-corrected chi connectivity index (χ0v) is 20.5. The number of rotatable bonds is 6. The van der Waals surface area contributed by atoms with E-state index < -0.39 is 16.2 Å². The third kappa shape index (κ3) is 5.29. The van der Waals surface area contributed by atoms with Crippen molar-refractivity contribution in [1.29, 1.82) is 0 Å². The van der Waals surface area contributed by atoms with Crippen LogP contribution in [0.15, 0.2) is 0 Å². The van der Waals surface area contributed by atoms with Gasteiger partial charge in [0, 0.05) is 51.9 Å². The number of morpholine rings is 1. The minimum absolute atomic E-state index is 0.121. The van der Waals surface area contributed by atoms with E-state index in [-0.39, 0.29) is 67.8 Å². The maximum absolute atomic E-state index is 13.1. The first-order valence-corrected chi connectivity index (χ1v) is 12.3. The van der Waals surface area contributed by atoms with Crippen LogP contribution >= 0.6 is 0 Å². The standard InChI is InChI=1S/C21H32N4O7S/c1-13-11-25(12-14(2)32-13)33(29,30)24-8-6-23(7-9-24)18(27)10-17-19(21(28)31-5)15(3)20(22-17)16(4)26/h13-14,22H,6-12H2,1-5H3. The molecule has 1 aromatic heterocycles. The van der Waals surface area contributed by atoms with Gasteiger partial charge >= 0.3 is 5.97 Å². The van der Waals surface area contributed by atoms with E-state index in [0.29, 0.717) is 24.3 Å². The fraction of sp³-hybridized carbons (Fsp3) is 0.667. The van der Waals surface area contributed by atoms with Crippen LogP contribution in [-0.2, 0) is 30.9 Å². The summed E-state index contributed by atoms with van der Waals surface area (Å²) in [6, 6.07) is 0. The monoisotopic (exact) mass is 484 g/mol. The number of H-pyrrole nitrogens is 1. The van der Waals surface area contributed by atoms with E-state index in [1.54, 1.807) is 11.8 Å². The van der Waals surface area contributed by atoms with Crippen LogP contribution in [0.25, 0.3) is 0 Å². The molecular weight excluding hydrogens is 452 g/mol. The molecule has 3 heterocycles. The van der Waals surface area contributed by atoms with Gasteiger partial charge in [0.05, 0.1) is 37.0 Å². The summed E-state index contributed by atoms with van der Waals surface area (Å²) in [6.07, 6.45) is -0.483. The average Bonchev–Trinajstić information content (AvgIpc) is 3.08. The molecule has 0 aromatic carbocycles. The first-order valence-electron chi connectivity index (χ1n) is 10.9. The van der Waals surface area contributed by atoms with Crippen molar-refractivity contribution in [3.05, 3.63) is 22.5 Å². The van der Waals surface area contributed by atoms with Crippen molar-refractivity contribution in [2.45, 2.75) is 46.3 Å². The number of hydrogen-bond acceptors (Lipinski definition) is 7. The Morgan fingerprint density at radius 2 is 1.64 bits per heavy atom. The van der Waals surface area contributed by atoms with Crippen molar-refractivity contribution in [3.63, 3.8) is 0 Å². The molecule has 1 N–H and O–H groups in total. The first kappa shape index (κ1) is 25.3. The van der Waals surface area contributed by atoms with E-state index in [1.807, 2.05) is 13.8 Å². The number of ether oxygens (including phenoxy) is 2. The predicted molar refractivity (Wildman–Crippen MR) is 119 cm³/mol. The fourth-order valence-electron chi connectivity index (χ4n) is 4.44. The number of aromatic nitrogens is 1. The van der Waals surface area contributed by atoms with Gasteiger partial charge in [-0.1, -0.05) is 0 Å². The lowest BCUT2D eigenvalue weighted by Gasteiger charge is -2.40. The Morgan fingerprint density at radius 1 is 1.06 bits per heavy atom. The van der Waals surface area contributed by atoms with Crippen molar-refractivity contribution in [3.8, 4) is 0 Å². The largest absolute Gasteiger partial charge is 0.465 e. The summed E-state index contributed by atoms with van der Waals surface area (Å²) in [5, 5.41) is 0. The molecule has 12 heteroatoms. The Balaban J connectivity index is 1.67. The van der Waals surface area contributed by atoms with E-state index in [9.17, 15) is 22.8 Å². The van der Waals surface area contributed by atoms with Gasteiger partial charge in [-0.25, -0.2) is 4.79 Å². The zero-order chi connectivity index (χ0) is 24.5. The lowest BCUT2D eigenvalue weighted by atomic mass is 10.1. The number of hydrogen-bond donors (Lipinski definition) is 1. The Hall–Kier alpha value is -2.28. The number of nitrogens with zero attached hydrogens (tertiary/aromatic N) is 3. The molecule has 2 atom stereocenters. The minimum Gasteiger partial charge on any atom is -0.465 e. The van der Waals surface area contributed by atoms with Crippen molar-refractivity contribution in [2.24, 2.45) is 0 Å². The maximum Gasteiger partial charge on any atom is 0.339 e. The summed E-state index contributed by atoms with van der Waals surface area (Å²) in [6.45, 7) is 8.13. The minimum atomic E-state index is -3.65. The second-order valence-electron chi connectivity index (χ2n) is 8.57. The predicted octanol–water partition coefficient (Wildman–Crippen LogP) is 0.353. The van der Waals surface area contributed by atoms with Gasteiger partial charge in [-0.05, 0) is 26.3 Å². The molecule has 0 saturated carbocycles. The van der Waals surface area contributed by atoms with Crippen LogP contribution in [0.4, 0.5) is 0 Å². The van der Waals surface area contributed by atoms with Crippen LogP contribution in [-0.4, -0.2) is 103 Å². The van der Waals surface area contributed by atoms with Crippen LogP contribution in [0, 0.1) is 6.92 Å². The van der Waals surface area contributed by atoms with Crippen molar-refractivity contribution >= 4 is 27.9 Å². The zero-order valence-electron chi connectivity index (χ0n) is 19.7. The second kappa shape index (κ2) is 9.92. The number of methoxy groups -OCH3 is 1. The summed E-state index contributed by atoms with van der Waals surface area (Å²) in [5.74, 6) is -1.13. The van der Waals surface area contributed by atoms with Crippen LogP contribution < -0.4 is 0 Å². The van der Waals surface area contributed by atoms with Crippen molar-refractivity contribution < 1.29 is 32.3 Å². The number of ketones is 1. The highest BCUT2D eigenvalue weighted by Gasteiger charge is 2.37. The van der Waals surface area contributed by atoms with Gasteiger partial charge in [-0.3, -0.25) is 9.59 Å². The Labute approximate surface area is 194 Å². The highest BCUT2D eigenvalue weighted by atomic mass is 32.2. The lowest BCUT2D eigenvalue weighted by Crippen LogP contribution is -2.57. The van der Waals surface area contributed by atoms with Gasteiger partial charge in [-0.15, -0.1) is 0 Å². The molecule has 2 fully saturated rings. The van der Waals surface area contributed by atoms with E-state index in [1.165, 1.54) is 22.6 Å². The topological polar surface area (TPSA) is 129 Å². The fourth-order valence-corrected chi connectivity index (χ4v) is 6.18. The van der Waals surface area contributed by atoms with Gasteiger partial charge < -0.3 is 19.4 Å². The lowest BCUT2D eigenvalue weighted by molar-refractivity contribution is -0.131. The number of esters is 1. The molecule has 11 nitrogen and oxygen atoms in total. The Bertz CT molecular complexity index is 1020. The summed E-state index contributed by atoms with van der Waals surface area (Å²) in [4.78, 5) is 41.5. The summed E-state index contributed by atoms with van der Waals surface area (Å²) in [5.41, 5.74) is 1.22. The molecule has 2 aliphatic rings. The molecule has 2 aliphatic heterocycles. The van der Waals surface area contributed by atoms with Crippen LogP contribution in [0.1, 0.15) is 52.9 Å². The van der Waals surface area contributed by atoms with Gasteiger partial charge in [0.15, 0.2) is 5.78 Å². The highest BCUT2D eigenvalue weighted by Crippen LogP contribution is 2.22. The molecule has 1 aromatic rings. The van der Waals surface area contributed by atoms with Gasteiger partial charge in [0.1, 0.15) is 0 Å². The Morgan fingerprint density at radius 3 is 2.15 bits per heavy atom. The molecule has 1 amide bonds. The molecule has 2 saturated heterocycles. The van der Waals surface area contributed by atoms with Crippen LogP contribution in [0.5, 0.6) is 0 Å². The summed E-state index contributed by atoms with van der Waals surface area (Å²) < 4.78 is 39.4. The van der Waals surface area contributed by atoms with E-state index in [4.69, 9.17) is 9.47 Å². The summed E-state index contributed by atoms with van der Waals surface area (Å²) >= 11 is 0. The van der Waals surface area contributed by atoms with Crippen molar-refractivity contribution in [2.75, 3.05) is 46.4 Å². The van der Waals surface area contributed by atoms with E-state index in [2.05, 4.69) is 4.98 Å². The second-order valence-corrected chi connectivity index (χ2v) is 10.5. The number of piperazine rings is 1. The molecule has 33 heavy (non-hydrogen) atoms. The SMILES string of the molecule is COC(=O)c1c(CC(=O)N2CCN(S(=O)(=O)N3CC(C)OC(C)C3)CC2)[nH]c(C(C)=O)c1C. The smallest absolute Gasteiger partial charge is 0.339 e. The summed E-state index contributed by atoms with van der Waals surface area (Å²) in [7, 11) is -2.41. The van der Waals surface area contributed by atoms with E-state index >= 15 is 0 Å². The third-order valence-corrected chi connectivity index (χ3v) is 8.00. The van der Waals surface area contributed by atoms with Crippen LogP contribution in [0.2, 0.25) is 0 Å². The van der Waals surface area contributed by atoms with Gasteiger partial charge in [-0.2, -0.15) is 17.0 Å². The molecule has 3 rings (SSSR count). The first-order chi connectivity index (χ1) is 15.4. The average molecular weight is 485 g/mol. The van der Waals surface area contributed by atoms with E-state index in [0.717, 1.165) is 0 Å². The number of carbonyl (C=O) groups excluding carboxylic acids is 3. The molecular formula is C21H32N4O7S. The highest BCUT2D eigenvalue weighted by molar-refractivity contribution is 7.86. The quantitative estimate of drug-likeness (QED) is 0.456. The number of nitrogens with one attached hydrogen (secondary N) is 1.